The molecule has 1 aliphatic rings. The number of aryl methyl sites for hydroxylation is 1. The fourth-order valence-electron chi connectivity index (χ4n) is 3.93. The molecule has 2 aromatic heterocycles. The molecule has 0 spiro atoms. The average molecular weight is 478 g/mol. The molecule has 1 atom stereocenters. The third kappa shape index (κ3) is 3.09. The van der Waals surface area contributed by atoms with Crippen LogP contribution in [0.4, 0.5) is 5.69 Å². The molecule has 3 heterocycles. The molecule has 8 nitrogen and oxygen atoms in total. The number of nitro groups is 1. The van der Waals surface area contributed by atoms with Gasteiger partial charge in [0.2, 0.25) is 0 Å². The highest BCUT2D eigenvalue weighted by atomic mass is 79.9. The van der Waals surface area contributed by atoms with Crippen LogP contribution in [0.3, 0.4) is 0 Å². The third-order valence-corrected chi connectivity index (χ3v) is 5.81. The van der Waals surface area contributed by atoms with Crippen molar-refractivity contribution in [3.8, 4) is 17.1 Å². The Balaban J connectivity index is 1.82. The van der Waals surface area contributed by atoms with Gasteiger partial charge in [-0.15, -0.1) is 0 Å². The molecule has 0 bridgehead atoms. The minimum absolute atomic E-state index is 0.00961. The lowest BCUT2D eigenvalue weighted by Gasteiger charge is -2.12. The van der Waals surface area contributed by atoms with Crippen molar-refractivity contribution in [2.45, 2.75) is 19.9 Å². The van der Waals surface area contributed by atoms with Gasteiger partial charge >= 0.3 is 0 Å². The van der Waals surface area contributed by atoms with Crippen molar-refractivity contribution in [3.63, 3.8) is 0 Å². The van der Waals surface area contributed by atoms with E-state index in [0.29, 0.717) is 22.7 Å². The van der Waals surface area contributed by atoms with E-state index in [4.69, 9.17) is 9.41 Å². The monoisotopic (exact) mass is 477 g/mol. The number of nitrogens with zero attached hydrogens (tertiary/aromatic N) is 5. The quantitative estimate of drug-likeness (QED) is 0.289. The van der Waals surface area contributed by atoms with Gasteiger partial charge in [-0.05, 0) is 38.1 Å². The maximum Gasteiger partial charge on any atom is 0.278 e. The number of imidazole rings is 1. The lowest BCUT2D eigenvalue weighted by molar-refractivity contribution is -0.385. The van der Waals surface area contributed by atoms with Gasteiger partial charge in [0, 0.05) is 16.1 Å². The summed E-state index contributed by atoms with van der Waals surface area (Å²) in [5, 5.41) is 11.7. The van der Waals surface area contributed by atoms with Crippen molar-refractivity contribution in [1.82, 2.24) is 14.5 Å². The molecule has 0 saturated heterocycles. The van der Waals surface area contributed by atoms with Crippen LogP contribution in [0.25, 0.3) is 17.1 Å². The number of para-hydroxylation sites is 1. The van der Waals surface area contributed by atoms with Gasteiger partial charge < -0.3 is 4.42 Å². The average Bonchev–Trinajstić information content (AvgIpc) is 3.35. The van der Waals surface area contributed by atoms with Crippen molar-refractivity contribution in [2.24, 2.45) is 4.99 Å². The highest BCUT2D eigenvalue weighted by molar-refractivity contribution is 9.10. The first-order valence-electron chi connectivity index (χ1n) is 9.55. The molecule has 1 aliphatic heterocycles. The second kappa shape index (κ2) is 7.28. The second-order valence-electron chi connectivity index (χ2n) is 7.20. The Kier molecular flexibility index (Phi) is 4.55. The molecule has 154 valence electrons. The number of hydrogen-bond acceptors (Lipinski definition) is 6. The summed E-state index contributed by atoms with van der Waals surface area (Å²) in [6.07, 6.45) is 3.12. The number of fused-ring (bicyclic) bond motifs is 3. The van der Waals surface area contributed by atoms with Crippen molar-refractivity contribution in [2.75, 3.05) is 0 Å². The minimum atomic E-state index is -0.379. The molecule has 0 saturated carbocycles. The molecule has 0 unspecified atom stereocenters. The molecular formula is C22H16BrN5O3. The lowest BCUT2D eigenvalue weighted by Crippen LogP contribution is -2.09. The van der Waals surface area contributed by atoms with Crippen LogP contribution in [-0.2, 0) is 0 Å². The first kappa shape index (κ1) is 19.4. The van der Waals surface area contributed by atoms with Gasteiger partial charge in [-0.2, -0.15) is 0 Å². The van der Waals surface area contributed by atoms with Crippen LogP contribution in [0.1, 0.15) is 35.5 Å². The summed E-state index contributed by atoms with van der Waals surface area (Å²) in [5.74, 6) is 0.587. The number of nitro benzene ring substituents is 1. The Morgan fingerprint density at radius 3 is 2.71 bits per heavy atom. The summed E-state index contributed by atoms with van der Waals surface area (Å²) in [6, 6.07) is 12.1. The van der Waals surface area contributed by atoms with Crippen LogP contribution >= 0.6 is 15.9 Å². The maximum atomic E-state index is 11.7. The Hall–Kier alpha value is -3.59. The van der Waals surface area contributed by atoms with E-state index in [1.54, 1.807) is 24.5 Å². The van der Waals surface area contributed by atoms with Gasteiger partial charge in [0.05, 0.1) is 39.3 Å². The molecule has 9 heteroatoms. The highest BCUT2D eigenvalue weighted by Gasteiger charge is 2.30. The van der Waals surface area contributed by atoms with Crippen molar-refractivity contribution in [1.29, 1.82) is 0 Å². The summed E-state index contributed by atoms with van der Waals surface area (Å²) < 4.78 is 8.42. The summed E-state index contributed by atoms with van der Waals surface area (Å²) in [4.78, 5) is 25.1. The van der Waals surface area contributed by atoms with Gasteiger partial charge in [-0.3, -0.25) is 19.7 Å². The van der Waals surface area contributed by atoms with Gasteiger partial charge in [-0.1, -0.05) is 28.1 Å². The Labute approximate surface area is 185 Å². The van der Waals surface area contributed by atoms with E-state index in [0.717, 1.165) is 27.1 Å². The standard InChI is InChI=1S/C22H16BrN5O3/c1-12-21-20(22-13(2)25-11-31-22)24-10-27(21)17-8-7-14(23)9-16(17)19(26-12)15-5-3-4-6-18(15)28(29)30/h3-12H,1-2H3/t12-/m1/s1. The zero-order valence-corrected chi connectivity index (χ0v) is 18.2. The number of oxazole rings is 1. The molecule has 4 aromatic rings. The number of benzene rings is 2. The molecule has 0 radical (unpaired) electrons. The van der Waals surface area contributed by atoms with Crippen LogP contribution < -0.4 is 0 Å². The number of rotatable bonds is 3. The Bertz CT molecular complexity index is 1370. The summed E-state index contributed by atoms with van der Waals surface area (Å²) in [6.45, 7) is 3.80. The van der Waals surface area contributed by atoms with Crippen molar-refractivity contribution >= 4 is 27.3 Å². The topological polar surface area (TPSA) is 99.3 Å². The predicted molar refractivity (Wildman–Crippen MR) is 119 cm³/mol. The van der Waals surface area contributed by atoms with Gasteiger partial charge in [0.25, 0.3) is 5.69 Å². The van der Waals surface area contributed by atoms with E-state index in [1.807, 2.05) is 36.6 Å². The molecule has 0 N–H and O–H groups in total. The van der Waals surface area contributed by atoms with Gasteiger partial charge in [0.15, 0.2) is 12.2 Å². The molecule has 0 aliphatic carbocycles. The van der Waals surface area contributed by atoms with E-state index in [1.165, 1.54) is 12.5 Å². The normalized spacial score (nSPS) is 15.1. The van der Waals surface area contributed by atoms with E-state index in [9.17, 15) is 10.1 Å². The molecule has 2 aromatic carbocycles. The Morgan fingerprint density at radius 2 is 1.97 bits per heavy atom. The van der Waals surface area contributed by atoms with E-state index >= 15 is 0 Å². The van der Waals surface area contributed by atoms with Crippen LogP contribution in [0, 0.1) is 17.0 Å². The summed E-state index contributed by atoms with van der Waals surface area (Å²) in [5.41, 5.74) is 4.85. The fraction of sp³-hybridized carbons (Fsp3) is 0.136. The van der Waals surface area contributed by atoms with Crippen LogP contribution in [-0.4, -0.2) is 25.2 Å². The molecule has 0 amide bonds. The zero-order valence-electron chi connectivity index (χ0n) is 16.6. The first-order chi connectivity index (χ1) is 15.0. The van der Waals surface area contributed by atoms with E-state index < -0.39 is 0 Å². The van der Waals surface area contributed by atoms with Gasteiger partial charge in [0.1, 0.15) is 12.0 Å². The van der Waals surface area contributed by atoms with Crippen LogP contribution in [0.15, 0.2) is 69.1 Å². The summed E-state index contributed by atoms with van der Waals surface area (Å²) >= 11 is 3.53. The number of aromatic nitrogens is 3. The van der Waals surface area contributed by atoms with Gasteiger partial charge in [-0.25, -0.2) is 9.97 Å². The predicted octanol–water partition coefficient (Wildman–Crippen LogP) is 5.42. The molecular weight excluding hydrogens is 462 g/mol. The first-order valence-corrected chi connectivity index (χ1v) is 10.3. The fourth-order valence-corrected chi connectivity index (χ4v) is 4.29. The smallest absolute Gasteiger partial charge is 0.278 e. The second-order valence-corrected chi connectivity index (χ2v) is 8.12. The number of aliphatic imine (C=N–C) groups is 1. The minimum Gasteiger partial charge on any atom is -0.441 e. The van der Waals surface area contributed by atoms with Crippen molar-refractivity contribution in [3.05, 3.63) is 92.3 Å². The molecule has 0 fully saturated rings. The van der Waals surface area contributed by atoms with Crippen molar-refractivity contribution < 1.29 is 9.34 Å². The zero-order chi connectivity index (χ0) is 21.7. The molecule has 31 heavy (non-hydrogen) atoms. The lowest BCUT2D eigenvalue weighted by atomic mass is 9.99. The maximum absolute atomic E-state index is 11.7. The summed E-state index contributed by atoms with van der Waals surface area (Å²) in [7, 11) is 0. The Morgan fingerprint density at radius 1 is 1.16 bits per heavy atom. The highest BCUT2D eigenvalue weighted by Crippen LogP contribution is 2.38. The molecule has 5 rings (SSSR count). The third-order valence-electron chi connectivity index (χ3n) is 5.31. The van der Waals surface area contributed by atoms with E-state index in [2.05, 4.69) is 25.9 Å². The number of hydrogen-bond donors (Lipinski definition) is 0. The number of halogens is 1. The van der Waals surface area contributed by atoms with E-state index in [-0.39, 0.29) is 16.7 Å². The van der Waals surface area contributed by atoms with Crippen LogP contribution in [0.2, 0.25) is 0 Å². The van der Waals surface area contributed by atoms with Crippen LogP contribution in [0.5, 0.6) is 0 Å². The SMILES string of the molecule is Cc1ncoc1-c1ncn2c1[C@@H](C)N=C(c1ccccc1[N+](=O)[O-])c1cc(Br)ccc1-2. The largest absolute Gasteiger partial charge is 0.441 e.